The van der Waals surface area contributed by atoms with Crippen molar-refractivity contribution >= 4 is 12.0 Å². The van der Waals surface area contributed by atoms with Crippen molar-refractivity contribution in [3.8, 4) is 5.88 Å². The second-order valence-corrected chi connectivity index (χ2v) is 11.7. The molecule has 4 aliphatic carbocycles. The molecule has 34 heavy (non-hydrogen) atoms. The van der Waals surface area contributed by atoms with Crippen LogP contribution in [0.25, 0.3) is 0 Å². The highest BCUT2D eigenvalue weighted by Crippen LogP contribution is 2.55. The van der Waals surface area contributed by atoms with Gasteiger partial charge in [-0.2, -0.15) is 5.10 Å². The predicted molar refractivity (Wildman–Crippen MR) is 127 cm³/mol. The normalized spacial score (nSPS) is 29.9. The van der Waals surface area contributed by atoms with Gasteiger partial charge in [0.05, 0.1) is 25.5 Å². The molecule has 2 atom stereocenters. The number of methoxy groups -OCH3 is 1. The Hall–Kier alpha value is -2.29. The first-order chi connectivity index (χ1) is 16.0. The van der Waals surface area contributed by atoms with Gasteiger partial charge in [-0.15, -0.1) is 0 Å². The molecule has 4 saturated carbocycles. The lowest BCUT2D eigenvalue weighted by atomic mass is 9.52. The minimum absolute atomic E-state index is 0.0915. The number of aromatic nitrogens is 2. The molecule has 2 unspecified atom stereocenters. The highest BCUT2D eigenvalue weighted by molar-refractivity contribution is 5.96. The summed E-state index contributed by atoms with van der Waals surface area (Å²) in [4.78, 5) is 25.0. The summed E-state index contributed by atoms with van der Waals surface area (Å²) in [5.74, 6) is 1.84. The Morgan fingerprint density at radius 2 is 1.94 bits per heavy atom. The quantitative estimate of drug-likeness (QED) is 0.505. The van der Waals surface area contributed by atoms with Crippen molar-refractivity contribution in [2.75, 3.05) is 13.7 Å². The highest BCUT2D eigenvalue weighted by atomic mass is 16.5. The molecule has 2 amide bonds. The summed E-state index contributed by atoms with van der Waals surface area (Å²) in [7, 11) is 1.34. The van der Waals surface area contributed by atoms with Crippen LogP contribution in [-0.2, 0) is 11.3 Å². The number of rotatable bonds is 9. The fourth-order valence-electron chi connectivity index (χ4n) is 6.31. The molecule has 0 aliphatic heterocycles. The maximum Gasteiger partial charge on any atom is 0.407 e. The van der Waals surface area contributed by atoms with E-state index in [4.69, 9.17) is 9.47 Å². The van der Waals surface area contributed by atoms with Crippen LogP contribution in [0.2, 0.25) is 0 Å². The molecule has 3 N–H and O–H groups in total. The van der Waals surface area contributed by atoms with Crippen LogP contribution >= 0.6 is 0 Å². The molecule has 9 nitrogen and oxygen atoms in total. The van der Waals surface area contributed by atoms with Crippen molar-refractivity contribution in [3.05, 3.63) is 11.8 Å². The molecule has 5 rings (SSSR count). The molecule has 0 aromatic carbocycles. The lowest BCUT2D eigenvalue weighted by Gasteiger charge is -2.58. The number of amides is 2. The van der Waals surface area contributed by atoms with Crippen LogP contribution in [0.5, 0.6) is 5.88 Å². The molecule has 0 radical (unpaired) electrons. The van der Waals surface area contributed by atoms with E-state index in [2.05, 4.69) is 29.6 Å². The molecule has 4 aliphatic rings. The van der Waals surface area contributed by atoms with Gasteiger partial charge in [-0.25, -0.2) is 9.48 Å². The number of carbonyl (C=O) groups excluding carboxylic acids is 2. The van der Waals surface area contributed by atoms with Crippen LogP contribution in [0.4, 0.5) is 4.79 Å². The van der Waals surface area contributed by atoms with Gasteiger partial charge in [0, 0.05) is 18.1 Å². The SMILES string of the molecule is COC(=O)NC(C)(C)CCn1ncc(C(=O)NC2C3CC4CC2CC(O)(C4)C3)c1OCC(C)C. The number of hydrogen-bond acceptors (Lipinski definition) is 6. The van der Waals surface area contributed by atoms with Crippen molar-refractivity contribution in [2.24, 2.45) is 23.7 Å². The fourth-order valence-corrected chi connectivity index (χ4v) is 6.31. The van der Waals surface area contributed by atoms with Crippen molar-refractivity contribution in [3.63, 3.8) is 0 Å². The van der Waals surface area contributed by atoms with Crippen LogP contribution in [0, 0.1) is 23.7 Å². The standard InChI is InChI=1S/C25H40N4O5/c1-15(2)14-34-22-19(13-26-29(22)7-6-24(3,4)28-23(31)33-5)21(30)27-20-17-8-16-9-18(20)12-25(32,10-16)11-17/h13,15-18,20,32H,6-12,14H2,1-5H3,(H,27,30)(H,28,31). The molecular formula is C25H40N4O5. The lowest BCUT2D eigenvalue weighted by Crippen LogP contribution is -2.61. The fraction of sp³-hybridized carbons (Fsp3) is 0.800. The van der Waals surface area contributed by atoms with E-state index < -0.39 is 17.2 Å². The van der Waals surface area contributed by atoms with Crippen molar-refractivity contribution < 1.29 is 24.2 Å². The Bertz CT molecular complexity index is 895. The number of carbonyl (C=O) groups is 2. The van der Waals surface area contributed by atoms with Crippen LogP contribution in [0.1, 0.15) is 76.6 Å². The zero-order chi connectivity index (χ0) is 24.7. The van der Waals surface area contributed by atoms with E-state index in [1.807, 2.05) is 13.8 Å². The van der Waals surface area contributed by atoms with Gasteiger partial charge < -0.3 is 25.2 Å². The molecule has 0 spiro atoms. The Balaban J connectivity index is 1.47. The minimum Gasteiger partial charge on any atom is -0.477 e. The van der Waals surface area contributed by atoms with Gasteiger partial charge in [0.2, 0.25) is 5.88 Å². The molecular weight excluding hydrogens is 436 g/mol. The average Bonchev–Trinajstić information content (AvgIpc) is 3.14. The largest absolute Gasteiger partial charge is 0.477 e. The summed E-state index contributed by atoms with van der Waals surface area (Å²) in [5.41, 5.74) is -0.608. The monoisotopic (exact) mass is 476 g/mol. The van der Waals surface area contributed by atoms with E-state index in [1.165, 1.54) is 7.11 Å². The van der Waals surface area contributed by atoms with E-state index in [-0.39, 0.29) is 11.9 Å². The Labute approximate surface area is 201 Å². The summed E-state index contributed by atoms with van der Waals surface area (Å²) < 4.78 is 12.5. The maximum atomic E-state index is 13.4. The van der Waals surface area contributed by atoms with Crippen LogP contribution < -0.4 is 15.4 Å². The molecule has 9 heteroatoms. The predicted octanol–water partition coefficient (Wildman–Crippen LogP) is 3.11. The summed E-state index contributed by atoms with van der Waals surface area (Å²) in [6.45, 7) is 8.89. The first kappa shape index (κ1) is 24.8. The zero-order valence-electron chi connectivity index (χ0n) is 21.1. The minimum atomic E-state index is -0.529. The van der Waals surface area contributed by atoms with E-state index in [9.17, 15) is 14.7 Å². The van der Waals surface area contributed by atoms with Crippen LogP contribution in [0.3, 0.4) is 0 Å². The number of ether oxygens (including phenoxy) is 2. The van der Waals surface area contributed by atoms with Crippen LogP contribution in [0.15, 0.2) is 6.20 Å². The second-order valence-electron chi connectivity index (χ2n) is 11.7. The Kier molecular flexibility index (Phi) is 6.86. The third-order valence-corrected chi connectivity index (χ3v) is 7.70. The van der Waals surface area contributed by atoms with E-state index in [0.29, 0.717) is 54.7 Å². The summed E-state index contributed by atoms with van der Waals surface area (Å²) in [6.07, 6.45) is 6.32. The molecule has 1 aromatic heterocycles. The van der Waals surface area contributed by atoms with Gasteiger partial charge in [0.15, 0.2) is 0 Å². The zero-order valence-corrected chi connectivity index (χ0v) is 21.1. The van der Waals surface area contributed by atoms with Gasteiger partial charge in [0.25, 0.3) is 5.91 Å². The number of aryl methyl sites for hydroxylation is 1. The van der Waals surface area contributed by atoms with Gasteiger partial charge in [-0.05, 0) is 76.0 Å². The lowest BCUT2D eigenvalue weighted by molar-refractivity contribution is -0.136. The number of hydrogen-bond donors (Lipinski definition) is 3. The summed E-state index contributed by atoms with van der Waals surface area (Å²) >= 11 is 0. The summed E-state index contributed by atoms with van der Waals surface area (Å²) in [5, 5.41) is 21.4. The topological polar surface area (TPSA) is 115 Å². The molecule has 1 heterocycles. The second kappa shape index (κ2) is 9.40. The third kappa shape index (κ3) is 5.34. The Morgan fingerprint density at radius 1 is 1.26 bits per heavy atom. The number of nitrogens with one attached hydrogen (secondary N) is 2. The first-order valence-electron chi connectivity index (χ1n) is 12.6. The van der Waals surface area contributed by atoms with Gasteiger partial charge in [-0.3, -0.25) is 4.79 Å². The van der Waals surface area contributed by atoms with E-state index >= 15 is 0 Å². The van der Waals surface area contributed by atoms with Gasteiger partial charge in [-0.1, -0.05) is 13.8 Å². The number of alkyl carbamates (subject to hydrolysis) is 1. The smallest absolute Gasteiger partial charge is 0.407 e. The highest BCUT2D eigenvalue weighted by Gasteiger charge is 2.55. The van der Waals surface area contributed by atoms with Crippen molar-refractivity contribution in [1.29, 1.82) is 0 Å². The molecule has 0 saturated heterocycles. The van der Waals surface area contributed by atoms with Crippen LogP contribution in [-0.4, -0.2) is 57.8 Å². The van der Waals surface area contributed by atoms with Crippen molar-refractivity contribution in [2.45, 2.75) is 89.9 Å². The first-order valence-corrected chi connectivity index (χ1v) is 12.6. The average molecular weight is 477 g/mol. The third-order valence-electron chi connectivity index (χ3n) is 7.70. The molecule has 4 bridgehead atoms. The summed E-state index contributed by atoms with van der Waals surface area (Å²) in [6, 6.07) is 0.0915. The number of nitrogens with zero attached hydrogens (tertiary/aromatic N) is 2. The molecule has 190 valence electrons. The molecule has 4 fully saturated rings. The number of aliphatic hydroxyl groups is 1. The van der Waals surface area contributed by atoms with E-state index in [0.717, 1.165) is 32.1 Å². The van der Waals surface area contributed by atoms with Gasteiger partial charge in [0.1, 0.15) is 5.56 Å². The maximum absolute atomic E-state index is 13.4. The van der Waals surface area contributed by atoms with Gasteiger partial charge >= 0.3 is 6.09 Å². The van der Waals surface area contributed by atoms with E-state index in [1.54, 1.807) is 10.9 Å². The molecule has 1 aromatic rings. The van der Waals surface area contributed by atoms with Crippen molar-refractivity contribution in [1.82, 2.24) is 20.4 Å². The Morgan fingerprint density at radius 3 is 2.53 bits per heavy atom.